The number of aryl methyl sites for hydroxylation is 1. The third kappa shape index (κ3) is 4.01. The molecule has 0 aliphatic rings. The SMILES string of the molecule is CCn1cnnc1C(C)Nc1ccc(-c2nc(CC(C)C)no2)cn1. The highest BCUT2D eigenvalue weighted by Crippen LogP contribution is 2.21. The van der Waals surface area contributed by atoms with Crippen molar-refractivity contribution in [3.63, 3.8) is 0 Å². The number of pyridine rings is 1. The second kappa shape index (κ2) is 7.42. The summed E-state index contributed by atoms with van der Waals surface area (Å²) in [5, 5.41) is 15.5. The summed E-state index contributed by atoms with van der Waals surface area (Å²) in [5.74, 6) is 3.34. The van der Waals surface area contributed by atoms with Crippen LogP contribution >= 0.6 is 0 Å². The largest absolute Gasteiger partial charge is 0.360 e. The maximum atomic E-state index is 5.32. The molecule has 3 rings (SSSR count). The maximum Gasteiger partial charge on any atom is 0.259 e. The fourth-order valence-corrected chi connectivity index (χ4v) is 2.55. The van der Waals surface area contributed by atoms with Gasteiger partial charge in [0.1, 0.15) is 12.1 Å². The van der Waals surface area contributed by atoms with Crippen molar-refractivity contribution in [1.29, 1.82) is 0 Å². The van der Waals surface area contributed by atoms with Gasteiger partial charge in [0.25, 0.3) is 5.89 Å². The summed E-state index contributed by atoms with van der Waals surface area (Å²) < 4.78 is 7.32. The predicted octanol–water partition coefficient (Wildman–Crippen LogP) is 3.11. The molecule has 0 bridgehead atoms. The standard InChI is InChI=1S/C17H23N7O/c1-5-24-10-19-22-16(24)12(4)20-14-7-6-13(9-18-14)17-21-15(23-25-17)8-11(2)3/h6-7,9-12H,5,8H2,1-4H3,(H,18,20). The number of rotatable bonds is 7. The van der Waals surface area contributed by atoms with Crippen molar-refractivity contribution in [3.05, 3.63) is 36.3 Å². The molecule has 0 aliphatic heterocycles. The Labute approximate surface area is 146 Å². The van der Waals surface area contributed by atoms with E-state index in [1.54, 1.807) is 12.5 Å². The van der Waals surface area contributed by atoms with Crippen LogP contribution in [0.4, 0.5) is 5.82 Å². The van der Waals surface area contributed by atoms with Crippen LogP contribution in [0.25, 0.3) is 11.5 Å². The molecular formula is C17H23N7O. The monoisotopic (exact) mass is 341 g/mol. The molecule has 0 saturated heterocycles. The lowest BCUT2D eigenvalue weighted by atomic mass is 10.1. The zero-order valence-corrected chi connectivity index (χ0v) is 15.0. The molecule has 1 atom stereocenters. The van der Waals surface area contributed by atoms with Gasteiger partial charge in [-0.25, -0.2) is 4.98 Å². The molecule has 1 unspecified atom stereocenters. The first-order valence-electron chi connectivity index (χ1n) is 8.50. The molecule has 0 radical (unpaired) electrons. The van der Waals surface area contributed by atoms with E-state index in [2.05, 4.69) is 51.4 Å². The van der Waals surface area contributed by atoms with Gasteiger partial charge in [0, 0.05) is 19.2 Å². The van der Waals surface area contributed by atoms with Crippen LogP contribution in [0.3, 0.4) is 0 Å². The van der Waals surface area contributed by atoms with Gasteiger partial charge in [0.2, 0.25) is 0 Å². The van der Waals surface area contributed by atoms with Crippen LogP contribution in [0.1, 0.15) is 45.4 Å². The Kier molecular flexibility index (Phi) is 5.06. The first kappa shape index (κ1) is 17.1. The average Bonchev–Trinajstić information content (AvgIpc) is 3.24. The Balaban J connectivity index is 1.69. The number of nitrogens with zero attached hydrogens (tertiary/aromatic N) is 6. The normalized spacial score (nSPS) is 12.5. The van der Waals surface area contributed by atoms with Crippen molar-refractivity contribution in [1.82, 2.24) is 29.9 Å². The Hall–Kier alpha value is -2.77. The van der Waals surface area contributed by atoms with E-state index in [0.717, 1.165) is 36.0 Å². The second-order valence-electron chi connectivity index (χ2n) is 6.39. The second-order valence-corrected chi connectivity index (χ2v) is 6.39. The van der Waals surface area contributed by atoms with E-state index in [9.17, 15) is 0 Å². The van der Waals surface area contributed by atoms with E-state index >= 15 is 0 Å². The van der Waals surface area contributed by atoms with Crippen molar-refractivity contribution in [2.24, 2.45) is 5.92 Å². The lowest BCUT2D eigenvalue weighted by Gasteiger charge is -2.14. The van der Waals surface area contributed by atoms with Crippen LogP contribution in [0.15, 0.2) is 29.2 Å². The van der Waals surface area contributed by atoms with Gasteiger partial charge < -0.3 is 14.4 Å². The lowest BCUT2D eigenvalue weighted by molar-refractivity contribution is 0.417. The van der Waals surface area contributed by atoms with Gasteiger partial charge in [-0.05, 0) is 31.9 Å². The molecule has 0 spiro atoms. The predicted molar refractivity (Wildman–Crippen MR) is 93.8 cm³/mol. The smallest absolute Gasteiger partial charge is 0.259 e. The lowest BCUT2D eigenvalue weighted by Crippen LogP contribution is -2.13. The fraction of sp³-hybridized carbons (Fsp3) is 0.471. The van der Waals surface area contributed by atoms with Gasteiger partial charge in [-0.3, -0.25) is 0 Å². The molecule has 0 saturated carbocycles. The molecule has 1 N–H and O–H groups in total. The molecule has 3 aromatic heterocycles. The highest BCUT2D eigenvalue weighted by molar-refractivity contribution is 5.54. The molecule has 0 aliphatic carbocycles. The first-order chi connectivity index (χ1) is 12.1. The first-order valence-corrected chi connectivity index (χ1v) is 8.50. The molecule has 3 heterocycles. The Morgan fingerprint density at radius 2 is 2.08 bits per heavy atom. The van der Waals surface area contributed by atoms with Crippen LogP contribution < -0.4 is 5.32 Å². The summed E-state index contributed by atoms with van der Waals surface area (Å²) in [5.41, 5.74) is 0.803. The fourth-order valence-electron chi connectivity index (χ4n) is 2.55. The Bertz CT molecular complexity index is 807. The van der Waals surface area contributed by atoms with Crippen molar-refractivity contribution in [3.8, 4) is 11.5 Å². The number of hydrogen-bond donors (Lipinski definition) is 1. The highest BCUT2D eigenvalue weighted by Gasteiger charge is 2.14. The Morgan fingerprint density at radius 3 is 2.76 bits per heavy atom. The van der Waals surface area contributed by atoms with Gasteiger partial charge >= 0.3 is 0 Å². The van der Waals surface area contributed by atoms with E-state index in [-0.39, 0.29) is 6.04 Å². The van der Waals surface area contributed by atoms with Gasteiger partial charge in [-0.15, -0.1) is 10.2 Å². The van der Waals surface area contributed by atoms with E-state index in [1.165, 1.54) is 0 Å². The molecule has 132 valence electrons. The summed E-state index contributed by atoms with van der Waals surface area (Å²) in [6.07, 6.45) is 4.26. The van der Waals surface area contributed by atoms with Gasteiger partial charge in [-0.1, -0.05) is 19.0 Å². The van der Waals surface area contributed by atoms with Crippen LogP contribution in [0.5, 0.6) is 0 Å². The maximum absolute atomic E-state index is 5.32. The molecular weight excluding hydrogens is 318 g/mol. The van der Waals surface area contributed by atoms with E-state index < -0.39 is 0 Å². The molecule has 8 nitrogen and oxygen atoms in total. The summed E-state index contributed by atoms with van der Waals surface area (Å²) in [7, 11) is 0. The van der Waals surface area contributed by atoms with E-state index in [1.807, 2.05) is 23.6 Å². The van der Waals surface area contributed by atoms with Crippen LogP contribution in [-0.2, 0) is 13.0 Å². The molecule has 0 aromatic carbocycles. The number of aromatic nitrogens is 6. The summed E-state index contributed by atoms with van der Waals surface area (Å²) in [6.45, 7) is 9.17. The van der Waals surface area contributed by atoms with Crippen molar-refractivity contribution < 1.29 is 4.52 Å². The summed E-state index contributed by atoms with van der Waals surface area (Å²) in [6, 6.07) is 3.81. The molecule has 0 fully saturated rings. The zero-order chi connectivity index (χ0) is 17.8. The molecule has 25 heavy (non-hydrogen) atoms. The van der Waals surface area contributed by atoms with Crippen molar-refractivity contribution in [2.45, 2.75) is 46.7 Å². The van der Waals surface area contributed by atoms with Gasteiger partial charge in [-0.2, -0.15) is 4.98 Å². The van der Waals surface area contributed by atoms with Gasteiger partial charge in [0.15, 0.2) is 11.6 Å². The summed E-state index contributed by atoms with van der Waals surface area (Å²) >= 11 is 0. The molecule has 3 aromatic rings. The van der Waals surface area contributed by atoms with Crippen molar-refractivity contribution in [2.75, 3.05) is 5.32 Å². The topological polar surface area (TPSA) is 94.6 Å². The summed E-state index contributed by atoms with van der Waals surface area (Å²) in [4.78, 5) is 8.85. The minimum atomic E-state index is 0.00171. The van der Waals surface area contributed by atoms with Crippen LogP contribution in [0.2, 0.25) is 0 Å². The average molecular weight is 341 g/mol. The molecule has 8 heteroatoms. The minimum Gasteiger partial charge on any atom is -0.360 e. The van der Waals surface area contributed by atoms with Crippen LogP contribution in [-0.4, -0.2) is 29.9 Å². The molecule has 0 amide bonds. The van der Waals surface area contributed by atoms with Crippen molar-refractivity contribution >= 4 is 5.82 Å². The number of nitrogens with one attached hydrogen (secondary N) is 1. The van der Waals surface area contributed by atoms with E-state index in [0.29, 0.717) is 11.8 Å². The third-order valence-electron chi connectivity index (χ3n) is 3.81. The van der Waals surface area contributed by atoms with Gasteiger partial charge in [0.05, 0.1) is 11.6 Å². The zero-order valence-electron chi connectivity index (χ0n) is 15.0. The number of hydrogen-bond acceptors (Lipinski definition) is 7. The van der Waals surface area contributed by atoms with Crippen LogP contribution in [0, 0.1) is 5.92 Å². The Morgan fingerprint density at radius 1 is 1.24 bits per heavy atom. The third-order valence-corrected chi connectivity index (χ3v) is 3.81. The van der Waals surface area contributed by atoms with E-state index in [4.69, 9.17) is 4.52 Å². The quantitative estimate of drug-likeness (QED) is 0.705. The number of anilines is 1. The highest BCUT2D eigenvalue weighted by atomic mass is 16.5. The minimum absolute atomic E-state index is 0.00171.